The highest BCUT2D eigenvalue weighted by Gasteiger charge is 2.11. The summed E-state index contributed by atoms with van der Waals surface area (Å²) < 4.78 is 1.59. The first-order valence-corrected chi connectivity index (χ1v) is 8.13. The van der Waals surface area contributed by atoms with Gasteiger partial charge in [0, 0.05) is 22.9 Å². The number of pyridine rings is 2. The third kappa shape index (κ3) is 2.49. The summed E-state index contributed by atoms with van der Waals surface area (Å²) in [6.07, 6.45) is 3.63. The van der Waals surface area contributed by atoms with Crippen molar-refractivity contribution in [3.05, 3.63) is 70.1 Å². The smallest absolute Gasteiger partial charge is 0.260 e. The van der Waals surface area contributed by atoms with Crippen molar-refractivity contribution in [3.63, 3.8) is 0 Å². The standard InChI is InChI=1S/C17H13N3OS/c1-22-11-14-9-13-5-3-7-19-16(13)20(17(14)21)15-6-2-4-12(8-15)10-18/h2-9H,11H2,1H3. The normalized spacial score (nSPS) is 10.5. The first-order valence-electron chi connectivity index (χ1n) is 6.73. The van der Waals surface area contributed by atoms with Gasteiger partial charge in [0.05, 0.1) is 17.3 Å². The predicted octanol–water partition coefficient (Wildman–Crippen LogP) is 3.12. The lowest BCUT2D eigenvalue weighted by Crippen LogP contribution is -2.23. The molecule has 0 atom stereocenters. The van der Waals surface area contributed by atoms with Gasteiger partial charge in [-0.25, -0.2) is 4.98 Å². The lowest BCUT2D eigenvalue weighted by molar-refractivity contribution is 0.991. The highest BCUT2D eigenvalue weighted by molar-refractivity contribution is 7.97. The van der Waals surface area contributed by atoms with Crippen molar-refractivity contribution in [2.45, 2.75) is 5.75 Å². The van der Waals surface area contributed by atoms with Crippen molar-refractivity contribution in [3.8, 4) is 11.8 Å². The minimum Gasteiger partial charge on any atom is -0.269 e. The average Bonchev–Trinajstić information content (AvgIpc) is 2.56. The zero-order chi connectivity index (χ0) is 15.5. The van der Waals surface area contributed by atoms with Gasteiger partial charge in [0.15, 0.2) is 0 Å². The quantitative estimate of drug-likeness (QED) is 0.746. The van der Waals surface area contributed by atoms with Crippen LogP contribution in [0.3, 0.4) is 0 Å². The molecule has 4 nitrogen and oxygen atoms in total. The summed E-state index contributed by atoms with van der Waals surface area (Å²) in [4.78, 5) is 17.1. The molecule has 3 aromatic rings. The molecule has 0 unspecified atom stereocenters. The van der Waals surface area contributed by atoms with Crippen LogP contribution in [0, 0.1) is 11.3 Å². The topological polar surface area (TPSA) is 58.7 Å². The maximum Gasteiger partial charge on any atom is 0.260 e. The lowest BCUT2D eigenvalue weighted by Gasteiger charge is -2.12. The van der Waals surface area contributed by atoms with E-state index < -0.39 is 0 Å². The van der Waals surface area contributed by atoms with Crippen molar-refractivity contribution in [1.29, 1.82) is 5.26 Å². The van der Waals surface area contributed by atoms with Crippen molar-refractivity contribution < 1.29 is 0 Å². The molecule has 0 aliphatic rings. The zero-order valence-electron chi connectivity index (χ0n) is 12.0. The van der Waals surface area contributed by atoms with Crippen LogP contribution in [0.4, 0.5) is 0 Å². The number of fused-ring (bicyclic) bond motifs is 1. The van der Waals surface area contributed by atoms with E-state index in [1.807, 2.05) is 30.5 Å². The minimum atomic E-state index is -0.0874. The first kappa shape index (κ1) is 14.4. The Morgan fingerprint density at radius 1 is 1.27 bits per heavy atom. The molecule has 0 radical (unpaired) electrons. The summed E-state index contributed by atoms with van der Waals surface area (Å²) in [7, 11) is 0. The van der Waals surface area contributed by atoms with E-state index in [9.17, 15) is 4.79 Å². The number of thioether (sulfide) groups is 1. The number of nitriles is 1. The van der Waals surface area contributed by atoms with Gasteiger partial charge in [-0.1, -0.05) is 6.07 Å². The molecule has 1 aromatic carbocycles. The number of rotatable bonds is 3. The molecule has 2 aromatic heterocycles. The van der Waals surface area contributed by atoms with E-state index in [0.717, 1.165) is 10.9 Å². The summed E-state index contributed by atoms with van der Waals surface area (Å²) >= 11 is 1.60. The Hall–Kier alpha value is -2.58. The predicted molar refractivity (Wildman–Crippen MR) is 89.3 cm³/mol. The fourth-order valence-corrected chi connectivity index (χ4v) is 2.93. The highest BCUT2D eigenvalue weighted by Crippen LogP contribution is 2.18. The van der Waals surface area contributed by atoms with Gasteiger partial charge in [-0.3, -0.25) is 9.36 Å². The van der Waals surface area contributed by atoms with Crippen LogP contribution in [-0.2, 0) is 5.75 Å². The van der Waals surface area contributed by atoms with Crippen LogP contribution in [-0.4, -0.2) is 15.8 Å². The zero-order valence-corrected chi connectivity index (χ0v) is 12.8. The summed E-state index contributed by atoms with van der Waals surface area (Å²) in [5, 5.41) is 9.98. The molecule has 5 heteroatoms. The second-order valence-corrected chi connectivity index (χ2v) is 5.69. The molecular formula is C17H13N3OS. The van der Waals surface area contributed by atoms with E-state index in [2.05, 4.69) is 11.1 Å². The Balaban J connectivity index is 2.38. The fraction of sp³-hybridized carbons (Fsp3) is 0.118. The molecule has 0 fully saturated rings. The van der Waals surface area contributed by atoms with Crippen LogP contribution in [0.15, 0.2) is 53.5 Å². The van der Waals surface area contributed by atoms with Crippen molar-refractivity contribution >= 4 is 22.8 Å². The Morgan fingerprint density at radius 2 is 2.14 bits per heavy atom. The molecule has 22 heavy (non-hydrogen) atoms. The van der Waals surface area contributed by atoms with Crippen LogP contribution in [0.25, 0.3) is 16.7 Å². The van der Waals surface area contributed by atoms with E-state index >= 15 is 0 Å². The van der Waals surface area contributed by atoms with E-state index in [1.54, 1.807) is 40.7 Å². The van der Waals surface area contributed by atoms with E-state index in [1.165, 1.54) is 0 Å². The molecule has 2 heterocycles. The molecule has 0 bridgehead atoms. The van der Waals surface area contributed by atoms with E-state index in [0.29, 0.717) is 22.7 Å². The van der Waals surface area contributed by atoms with Gasteiger partial charge in [0.2, 0.25) is 0 Å². The van der Waals surface area contributed by atoms with Crippen LogP contribution in [0.5, 0.6) is 0 Å². The van der Waals surface area contributed by atoms with Crippen molar-refractivity contribution in [2.24, 2.45) is 0 Å². The molecule has 108 valence electrons. The Morgan fingerprint density at radius 3 is 2.91 bits per heavy atom. The van der Waals surface area contributed by atoms with Crippen LogP contribution >= 0.6 is 11.8 Å². The summed E-state index contributed by atoms with van der Waals surface area (Å²) in [5.74, 6) is 0.640. The summed E-state index contributed by atoms with van der Waals surface area (Å²) in [6.45, 7) is 0. The summed E-state index contributed by atoms with van der Waals surface area (Å²) in [5.41, 5.74) is 2.43. The number of hydrogen-bond acceptors (Lipinski definition) is 4. The average molecular weight is 307 g/mol. The molecule has 0 spiro atoms. The third-order valence-corrected chi connectivity index (χ3v) is 3.97. The molecule has 0 amide bonds. The van der Waals surface area contributed by atoms with Gasteiger partial charge in [0.1, 0.15) is 5.65 Å². The molecule has 0 aliphatic heterocycles. The largest absolute Gasteiger partial charge is 0.269 e. The first-order chi connectivity index (χ1) is 10.7. The van der Waals surface area contributed by atoms with Gasteiger partial charge in [0.25, 0.3) is 5.56 Å². The Kier molecular flexibility index (Phi) is 3.94. The maximum atomic E-state index is 12.8. The number of nitrogens with zero attached hydrogens (tertiary/aromatic N) is 3. The Bertz CT molecular complexity index is 941. The number of hydrogen-bond donors (Lipinski definition) is 0. The Labute approximate surface area is 132 Å². The van der Waals surface area contributed by atoms with E-state index in [4.69, 9.17) is 5.26 Å². The number of aromatic nitrogens is 2. The van der Waals surface area contributed by atoms with Gasteiger partial charge in [-0.2, -0.15) is 17.0 Å². The molecule has 0 saturated heterocycles. The fourth-order valence-electron chi connectivity index (χ4n) is 2.41. The molecule has 0 N–H and O–H groups in total. The highest BCUT2D eigenvalue weighted by atomic mass is 32.2. The second-order valence-electron chi connectivity index (χ2n) is 4.82. The van der Waals surface area contributed by atoms with Gasteiger partial charge >= 0.3 is 0 Å². The third-order valence-electron chi connectivity index (χ3n) is 3.37. The number of benzene rings is 1. The van der Waals surface area contributed by atoms with Crippen LogP contribution in [0.1, 0.15) is 11.1 Å². The minimum absolute atomic E-state index is 0.0874. The monoisotopic (exact) mass is 307 g/mol. The van der Waals surface area contributed by atoms with Gasteiger partial charge in [-0.15, -0.1) is 0 Å². The molecule has 0 saturated carbocycles. The lowest BCUT2D eigenvalue weighted by atomic mass is 10.1. The maximum absolute atomic E-state index is 12.8. The molecule has 0 aliphatic carbocycles. The van der Waals surface area contributed by atoms with Crippen LogP contribution in [0.2, 0.25) is 0 Å². The second kappa shape index (κ2) is 6.04. The van der Waals surface area contributed by atoms with Gasteiger partial charge in [-0.05, 0) is 42.7 Å². The van der Waals surface area contributed by atoms with Gasteiger partial charge < -0.3 is 0 Å². The van der Waals surface area contributed by atoms with Crippen molar-refractivity contribution in [2.75, 3.05) is 6.26 Å². The van der Waals surface area contributed by atoms with Crippen molar-refractivity contribution in [1.82, 2.24) is 9.55 Å². The van der Waals surface area contributed by atoms with E-state index in [-0.39, 0.29) is 5.56 Å². The SMILES string of the molecule is CSCc1cc2cccnc2n(-c2cccc(C#N)c2)c1=O. The van der Waals surface area contributed by atoms with Crippen LogP contribution < -0.4 is 5.56 Å². The molecule has 3 rings (SSSR count). The summed E-state index contributed by atoms with van der Waals surface area (Å²) in [6, 6.07) is 14.8. The molecular weight excluding hydrogens is 294 g/mol.